The van der Waals surface area contributed by atoms with Gasteiger partial charge in [-0.2, -0.15) is 0 Å². The fraction of sp³-hybridized carbons (Fsp3) is 0.400. The monoisotopic (exact) mass is 178 g/mol. The van der Waals surface area contributed by atoms with Crippen molar-refractivity contribution in [1.29, 1.82) is 0 Å². The number of carboxylic acids is 1. The van der Waals surface area contributed by atoms with E-state index < -0.39 is 17.2 Å². The summed E-state index contributed by atoms with van der Waals surface area (Å²) in [5.74, 6) is -1.03. The minimum atomic E-state index is -2.26. The number of carbonyl (C=O) groups is 1. The zero-order valence-electron chi connectivity index (χ0n) is 5.65. The molecular formula is C5H8NO4S-. The van der Waals surface area contributed by atoms with Crippen LogP contribution in [0.2, 0.25) is 0 Å². The third-order valence-electron chi connectivity index (χ3n) is 0.791. The summed E-state index contributed by atoms with van der Waals surface area (Å²) in [6.07, 6.45) is 2.72. The van der Waals surface area contributed by atoms with Crippen molar-refractivity contribution in [1.82, 2.24) is 4.72 Å². The molecule has 1 unspecified atom stereocenters. The van der Waals surface area contributed by atoms with E-state index in [2.05, 4.69) is 4.72 Å². The Morgan fingerprint density at radius 2 is 2.36 bits per heavy atom. The number of hydrogen-bond donors (Lipinski definition) is 2. The van der Waals surface area contributed by atoms with Crippen molar-refractivity contribution in [3.05, 3.63) is 12.2 Å². The molecule has 6 heteroatoms. The minimum absolute atomic E-state index is 0.222. The number of carboxylic acid groups (broad SMARTS) is 1. The van der Waals surface area contributed by atoms with Gasteiger partial charge >= 0.3 is 5.97 Å². The molecule has 0 saturated heterocycles. The summed E-state index contributed by atoms with van der Waals surface area (Å²) in [5.41, 5.74) is 0. The Labute approximate surface area is 66.5 Å². The van der Waals surface area contributed by atoms with Crippen LogP contribution in [0.5, 0.6) is 0 Å². The second kappa shape index (κ2) is 6.02. The van der Waals surface area contributed by atoms with Gasteiger partial charge in [-0.05, 0) is 6.42 Å². The van der Waals surface area contributed by atoms with Gasteiger partial charge in [0.05, 0.1) is 0 Å². The molecule has 0 aromatic carbocycles. The molecule has 5 nitrogen and oxygen atoms in total. The molecule has 0 rings (SSSR count). The van der Waals surface area contributed by atoms with Crippen molar-refractivity contribution in [2.45, 2.75) is 6.42 Å². The second-order valence-electron chi connectivity index (χ2n) is 1.66. The zero-order valence-corrected chi connectivity index (χ0v) is 6.47. The summed E-state index contributed by atoms with van der Waals surface area (Å²) in [5, 5.41) is 8.09. The average molecular weight is 178 g/mol. The highest BCUT2D eigenvalue weighted by molar-refractivity contribution is 7.77. The molecule has 0 amide bonds. The van der Waals surface area contributed by atoms with Crippen molar-refractivity contribution >= 4 is 17.2 Å². The van der Waals surface area contributed by atoms with Crippen molar-refractivity contribution in [2.75, 3.05) is 6.54 Å². The van der Waals surface area contributed by atoms with E-state index >= 15 is 0 Å². The zero-order chi connectivity index (χ0) is 8.69. The highest BCUT2D eigenvalue weighted by Gasteiger charge is 1.85. The normalized spacial score (nSPS) is 13.5. The van der Waals surface area contributed by atoms with Crippen LogP contribution in [0, 0.1) is 0 Å². The Hall–Kier alpha value is -0.720. The van der Waals surface area contributed by atoms with Gasteiger partial charge in [0.1, 0.15) is 0 Å². The SMILES string of the molecule is O=C(O)C=CCCNS(=O)[O-]. The van der Waals surface area contributed by atoms with Gasteiger partial charge in [-0.25, -0.2) is 9.52 Å². The topological polar surface area (TPSA) is 89.5 Å². The van der Waals surface area contributed by atoms with Gasteiger partial charge in [-0.3, -0.25) is 4.21 Å². The van der Waals surface area contributed by atoms with Crippen molar-refractivity contribution in [3.63, 3.8) is 0 Å². The highest BCUT2D eigenvalue weighted by atomic mass is 32.2. The molecule has 11 heavy (non-hydrogen) atoms. The number of nitrogens with one attached hydrogen (secondary N) is 1. The van der Waals surface area contributed by atoms with Crippen molar-refractivity contribution < 1.29 is 18.7 Å². The van der Waals surface area contributed by atoms with Crippen LogP contribution in [-0.2, 0) is 16.1 Å². The van der Waals surface area contributed by atoms with E-state index in [4.69, 9.17) is 5.11 Å². The molecule has 0 aromatic heterocycles. The third-order valence-corrected chi connectivity index (χ3v) is 1.23. The Morgan fingerprint density at radius 3 is 2.82 bits per heavy atom. The van der Waals surface area contributed by atoms with Gasteiger partial charge in [-0.15, -0.1) is 0 Å². The molecule has 0 saturated carbocycles. The summed E-state index contributed by atoms with van der Waals surface area (Å²) in [7, 11) is 0. The lowest BCUT2D eigenvalue weighted by molar-refractivity contribution is -0.131. The molecule has 0 bridgehead atoms. The summed E-state index contributed by atoms with van der Waals surface area (Å²) < 4.78 is 21.8. The van der Waals surface area contributed by atoms with Crippen LogP contribution in [0.3, 0.4) is 0 Å². The van der Waals surface area contributed by atoms with Gasteiger partial charge in [0.2, 0.25) is 0 Å². The Bertz CT molecular complexity index is 179. The first-order valence-corrected chi connectivity index (χ1v) is 3.92. The van der Waals surface area contributed by atoms with E-state index in [0.717, 1.165) is 6.08 Å². The smallest absolute Gasteiger partial charge is 0.327 e. The lowest BCUT2D eigenvalue weighted by Crippen LogP contribution is -2.16. The Balaban J connectivity index is 3.27. The Kier molecular flexibility index (Phi) is 5.63. The minimum Gasteiger partial charge on any atom is -0.760 e. The quantitative estimate of drug-likeness (QED) is 0.334. The van der Waals surface area contributed by atoms with Gasteiger partial charge < -0.3 is 9.66 Å². The van der Waals surface area contributed by atoms with Crippen LogP contribution in [0.4, 0.5) is 0 Å². The van der Waals surface area contributed by atoms with E-state index in [1.807, 2.05) is 0 Å². The standard InChI is InChI=1S/C5H9NO4S/c7-5(8)3-1-2-4-6-11(9)10/h1,3,6H,2,4H2,(H,7,8)(H,9,10)/p-1. The predicted molar refractivity (Wildman–Crippen MR) is 38.3 cm³/mol. The maximum atomic E-state index is 9.87. The molecule has 0 aromatic rings. The van der Waals surface area contributed by atoms with Gasteiger partial charge in [0.15, 0.2) is 0 Å². The van der Waals surface area contributed by atoms with E-state index in [1.165, 1.54) is 6.08 Å². The van der Waals surface area contributed by atoms with E-state index in [1.54, 1.807) is 0 Å². The molecule has 0 aliphatic rings. The fourth-order valence-corrected chi connectivity index (χ4v) is 0.694. The number of aliphatic carboxylic acids is 1. The van der Waals surface area contributed by atoms with E-state index in [0.29, 0.717) is 6.42 Å². The molecular weight excluding hydrogens is 170 g/mol. The second-order valence-corrected chi connectivity index (χ2v) is 2.42. The number of rotatable bonds is 5. The summed E-state index contributed by atoms with van der Waals surface area (Å²) >= 11 is -2.26. The molecule has 0 spiro atoms. The van der Waals surface area contributed by atoms with Crippen LogP contribution >= 0.6 is 0 Å². The molecule has 64 valence electrons. The first-order valence-electron chi connectivity index (χ1n) is 2.85. The number of hydrogen-bond acceptors (Lipinski definition) is 3. The van der Waals surface area contributed by atoms with Crippen LogP contribution in [0.1, 0.15) is 6.42 Å². The van der Waals surface area contributed by atoms with E-state index in [9.17, 15) is 13.6 Å². The Morgan fingerprint density at radius 1 is 1.73 bits per heavy atom. The van der Waals surface area contributed by atoms with Crippen molar-refractivity contribution in [2.24, 2.45) is 0 Å². The highest BCUT2D eigenvalue weighted by Crippen LogP contribution is 1.80. The molecule has 0 aliphatic carbocycles. The summed E-state index contributed by atoms with van der Waals surface area (Å²) in [6, 6.07) is 0. The largest absolute Gasteiger partial charge is 0.760 e. The van der Waals surface area contributed by atoms with Crippen LogP contribution in [0.25, 0.3) is 0 Å². The molecule has 0 radical (unpaired) electrons. The van der Waals surface area contributed by atoms with Crippen LogP contribution in [-0.4, -0.2) is 26.4 Å². The maximum absolute atomic E-state index is 9.87. The maximum Gasteiger partial charge on any atom is 0.327 e. The fourth-order valence-electron chi connectivity index (χ4n) is 0.410. The molecule has 0 fully saturated rings. The van der Waals surface area contributed by atoms with Gasteiger partial charge in [-0.1, -0.05) is 6.08 Å². The first-order chi connectivity index (χ1) is 5.13. The molecule has 0 aliphatic heterocycles. The van der Waals surface area contributed by atoms with Crippen LogP contribution in [0.15, 0.2) is 12.2 Å². The van der Waals surface area contributed by atoms with E-state index in [-0.39, 0.29) is 6.54 Å². The molecule has 1 atom stereocenters. The van der Waals surface area contributed by atoms with Crippen molar-refractivity contribution in [3.8, 4) is 0 Å². The van der Waals surface area contributed by atoms with Gasteiger partial charge in [0, 0.05) is 23.9 Å². The van der Waals surface area contributed by atoms with Crippen LogP contribution < -0.4 is 4.72 Å². The lowest BCUT2D eigenvalue weighted by Gasteiger charge is -2.03. The predicted octanol–water partition coefficient (Wildman–Crippen LogP) is -0.599. The molecule has 2 N–H and O–H groups in total. The summed E-state index contributed by atoms with van der Waals surface area (Å²) in [6.45, 7) is 0.222. The third kappa shape index (κ3) is 9.28. The first kappa shape index (κ1) is 10.3. The molecule has 0 heterocycles. The average Bonchev–Trinajstić information content (AvgIpc) is 1.85. The summed E-state index contributed by atoms with van der Waals surface area (Å²) in [4.78, 5) is 9.87. The lowest BCUT2D eigenvalue weighted by atomic mass is 10.4. The van der Waals surface area contributed by atoms with Gasteiger partial charge in [0.25, 0.3) is 0 Å².